The van der Waals surface area contributed by atoms with Crippen LogP contribution in [0, 0.1) is 6.92 Å². The van der Waals surface area contributed by atoms with Crippen LogP contribution in [-0.2, 0) is 11.8 Å². The van der Waals surface area contributed by atoms with E-state index in [1.54, 1.807) is 42.1 Å². The SMILES string of the molecule is Cc1cc(C(=O)NCC(=O)Nc2ccc(Oc3ccccc3)cc2)nn1C. The van der Waals surface area contributed by atoms with Crippen molar-refractivity contribution in [2.75, 3.05) is 11.9 Å². The maximum absolute atomic E-state index is 12.0. The predicted molar refractivity (Wildman–Crippen MR) is 102 cm³/mol. The van der Waals surface area contributed by atoms with Crippen LogP contribution in [0.15, 0.2) is 60.7 Å². The van der Waals surface area contributed by atoms with Gasteiger partial charge in [0.1, 0.15) is 17.2 Å². The number of ether oxygens (including phenoxy) is 1. The fraction of sp³-hybridized carbons (Fsp3) is 0.150. The van der Waals surface area contributed by atoms with Gasteiger partial charge in [0, 0.05) is 18.4 Å². The van der Waals surface area contributed by atoms with Gasteiger partial charge in [0.15, 0.2) is 0 Å². The third-order valence-electron chi connectivity index (χ3n) is 3.87. The Morgan fingerprint density at radius 3 is 2.33 bits per heavy atom. The van der Waals surface area contributed by atoms with Crippen molar-refractivity contribution in [1.29, 1.82) is 0 Å². The molecule has 27 heavy (non-hydrogen) atoms. The molecule has 3 rings (SSSR count). The minimum Gasteiger partial charge on any atom is -0.457 e. The minimum absolute atomic E-state index is 0.142. The highest BCUT2D eigenvalue weighted by atomic mass is 16.5. The summed E-state index contributed by atoms with van der Waals surface area (Å²) in [5, 5.41) is 9.35. The van der Waals surface area contributed by atoms with Gasteiger partial charge in [0.05, 0.1) is 6.54 Å². The number of benzene rings is 2. The molecule has 2 aromatic carbocycles. The van der Waals surface area contributed by atoms with Crippen molar-refractivity contribution < 1.29 is 14.3 Å². The third kappa shape index (κ3) is 4.94. The van der Waals surface area contributed by atoms with Crippen molar-refractivity contribution >= 4 is 17.5 Å². The lowest BCUT2D eigenvalue weighted by Gasteiger charge is -2.08. The average Bonchev–Trinajstić information content (AvgIpc) is 3.01. The Hall–Kier alpha value is -3.61. The number of anilines is 1. The second-order valence-corrected chi connectivity index (χ2v) is 5.96. The lowest BCUT2D eigenvalue weighted by Crippen LogP contribution is -2.33. The first-order valence-electron chi connectivity index (χ1n) is 8.43. The molecule has 0 unspecified atom stereocenters. The Balaban J connectivity index is 1.49. The van der Waals surface area contributed by atoms with Crippen LogP contribution >= 0.6 is 0 Å². The molecule has 0 bridgehead atoms. The van der Waals surface area contributed by atoms with Gasteiger partial charge < -0.3 is 15.4 Å². The molecular formula is C20H20N4O3. The van der Waals surface area contributed by atoms with Crippen molar-refractivity contribution in [2.24, 2.45) is 7.05 Å². The maximum Gasteiger partial charge on any atom is 0.272 e. The summed E-state index contributed by atoms with van der Waals surface area (Å²) in [6.45, 7) is 1.71. The topological polar surface area (TPSA) is 85.2 Å². The number of amides is 2. The molecule has 1 aromatic heterocycles. The first-order valence-corrected chi connectivity index (χ1v) is 8.43. The standard InChI is InChI=1S/C20H20N4O3/c1-14-12-18(23-24(14)2)20(26)21-13-19(25)22-15-8-10-17(11-9-15)27-16-6-4-3-5-7-16/h3-12H,13H2,1-2H3,(H,21,26)(H,22,25). The van der Waals surface area contributed by atoms with Crippen LogP contribution in [-0.4, -0.2) is 28.1 Å². The summed E-state index contributed by atoms with van der Waals surface area (Å²) >= 11 is 0. The Bertz CT molecular complexity index is 914. The van der Waals surface area contributed by atoms with Gasteiger partial charge in [-0.3, -0.25) is 14.3 Å². The molecule has 3 aromatic rings. The first-order chi connectivity index (χ1) is 13.0. The number of nitrogens with zero attached hydrogens (tertiary/aromatic N) is 2. The van der Waals surface area contributed by atoms with E-state index in [1.807, 2.05) is 37.3 Å². The Kier molecular flexibility index (Phi) is 5.51. The fourth-order valence-electron chi connectivity index (χ4n) is 2.36. The molecule has 0 spiro atoms. The number of rotatable bonds is 6. The summed E-state index contributed by atoms with van der Waals surface area (Å²) in [5.74, 6) is 0.688. The summed E-state index contributed by atoms with van der Waals surface area (Å²) in [7, 11) is 1.75. The molecule has 1 heterocycles. The van der Waals surface area contributed by atoms with Crippen LogP contribution in [0.3, 0.4) is 0 Å². The van der Waals surface area contributed by atoms with Gasteiger partial charge in [-0.05, 0) is 49.4 Å². The summed E-state index contributed by atoms with van der Waals surface area (Å²) < 4.78 is 7.30. The summed E-state index contributed by atoms with van der Waals surface area (Å²) in [6, 6.07) is 18.1. The van der Waals surface area contributed by atoms with Gasteiger partial charge in [0.25, 0.3) is 5.91 Å². The van der Waals surface area contributed by atoms with Crippen molar-refractivity contribution in [1.82, 2.24) is 15.1 Å². The molecule has 0 aliphatic heterocycles. The number of carbonyl (C=O) groups is 2. The van der Waals surface area contributed by atoms with E-state index in [2.05, 4.69) is 15.7 Å². The average molecular weight is 364 g/mol. The zero-order valence-electron chi connectivity index (χ0n) is 15.1. The van der Waals surface area contributed by atoms with Gasteiger partial charge >= 0.3 is 0 Å². The Morgan fingerprint density at radius 1 is 1.04 bits per heavy atom. The molecule has 2 amide bonds. The summed E-state index contributed by atoms with van der Waals surface area (Å²) in [5.41, 5.74) is 1.76. The monoisotopic (exact) mass is 364 g/mol. The van der Waals surface area contributed by atoms with Crippen LogP contribution in [0.1, 0.15) is 16.2 Å². The summed E-state index contributed by atoms with van der Waals surface area (Å²) in [6.07, 6.45) is 0. The normalized spacial score (nSPS) is 10.3. The van der Waals surface area contributed by atoms with Gasteiger partial charge in [-0.2, -0.15) is 5.10 Å². The maximum atomic E-state index is 12.0. The van der Waals surface area contributed by atoms with Gasteiger partial charge in [0.2, 0.25) is 5.91 Å². The van der Waals surface area contributed by atoms with Crippen LogP contribution in [0.25, 0.3) is 0 Å². The number of aromatic nitrogens is 2. The molecule has 7 nitrogen and oxygen atoms in total. The lowest BCUT2D eigenvalue weighted by molar-refractivity contribution is -0.115. The smallest absolute Gasteiger partial charge is 0.272 e. The number of aryl methyl sites for hydroxylation is 2. The zero-order chi connectivity index (χ0) is 19.2. The summed E-state index contributed by atoms with van der Waals surface area (Å²) in [4.78, 5) is 24.0. The second-order valence-electron chi connectivity index (χ2n) is 5.96. The number of hydrogen-bond donors (Lipinski definition) is 2. The minimum atomic E-state index is -0.388. The largest absolute Gasteiger partial charge is 0.457 e. The molecule has 0 aliphatic rings. The van der Waals surface area contributed by atoms with Crippen molar-refractivity contribution in [3.63, 3.8) is 0 Å². The lowest BCUT2D eigenvalue weighted by atomic mass is 10.3. The zero-order valence-corrected chi connectivity index (χ0v) is 15.1. The number of hydrogen-bond acceptors (Lipinski definition) is 4. The van der Waals surface area contributed by atoms with E-state index in [9.17, 15) is 9.59 Å². The Morgan fingerprint density at radius 2 is 1.70 bits per heavy atom. The van der Waals surface area contributed by atoms with Crippen LogP contribution in [0.5, 0.6) is 11.5 Å². The van der Waals surface area contributed by atoms with Crippen molar-refractivity contribution in [3.05, 3.63) is 72.1 Å². The van der Waals surface area contributed by atoms with E-state index >= 15 is 0 Å². The van der Waals surface area contributed by atoms with E-state index in [4.69, 9.17) is 4.74 Å². The van der Waals surface area contributed by atoms with Crippen molar-refractivity contribution in [3.8, 4) is 11.5 Å². The molecule has 2 N–H and O–H groups in total. The highest BCUT2D eigenvalue weighted by Gasteiger charge is 2.12. The molecule has 0 saturated carbocycles. The van der Waals surface area contributed by atoms with Gasteiger partial charge in [-0.15, -0.1) is 0 Å². The van der Waals surface area contributed by atoms with E-state index in [0.717, 1.165) is 11.4 Å². The van der Waals surface area contributed by atoms with Crippen LogP contribution in [0.4, 0.5) is 5.69 Å². The second kappa shape index (κ2) is 8.18. The molecular weight excluding hydrogens is 344 g/mol. The van der Waals surface area contributed by atoms with E-state index in [1.165, 1.54) is 0 Å². The van der Waals surface area contributed by atoms with Gasteiger partial charge in [-0.25, -0.2) is 0 Å². The number of carbonyl (C=O) groups excluding carboxylic acids is 2. The fourth-order valence-corrected chi connectivity index (χ4v) is 2.36. The van der Waals surface area contributed by atoms with E-state index in [0.29, 0.717) is 11.4 Å². The Labute approximate surface area is 157 Å². The molecule has 0 radical (unpaired) electrons. The van der Waals surface area contributed by atoms with E-state index in [-0.39, 0.29) is 24.1 Å². The quantitative estimate of drug-likeness (QED) is 0.704. The highest BCUT2D eigenvalue weighted by molar-refractivity contribution is 5.98. The molecule has 138 valence electrons. The molecule has 0 aliphatic carbocycles. The molecule has 0 atom stereocenters. The van der Waals surface area contributed by atoms with Crippen LogP contribution in [0.2, 0.25) is 0 Å². The predicted octanol–water partition coefficient (Wildman–Crippen LogP) is 2.89. The molecule has 0 saturated heterocycles. The first kappa shape index (κ1) is 18.2. The van der Waals surface area contributed by atoms with Gasteiger partial charge in [-0.1, -0.05) is 18.2 Å². The molecule has 7 heteroatoms. The number of para-hydroxylation sites is 1. The third-order valence-corrected chi connectivity index (χ3v) is 3.87. The van der Waals surface area contributed by atoms with Crippen molar-refractivity contribution in [2.45, 2.75) is 6.92 Å². The number of nitrogens with one attached hydrogen (secondary N) is 2. The molecule has 0 fully saturated rings. The van der Waals surface area contributed by atoms with E-state index < -0.39 is 0 Å². The van der Waals surface area contributed by atoms with Crippen LogP contribution < -0.4 is 15.4 Å². The highest BCUT2D eigenvalue weighted by Crippen LogP contribution is 2.22.